The predicted octanol–water partition coefficient (Wildman–Crippen LogP) is 1.24. The van der Waals surface area contributed by atoms with Crippen LogP contribution >= 0.6 is 0 Å². The van der Waals surface area contributed by atoms with E-state index in [1.165, 1.54) is 12.1 Å². The van der Waals surface area contributed by atoms with Gasteiger partial charge in [-0.2, -0.15) is 0 Å². The van der Waals surface area contributed by atoms with Crippen LogP contribution in [0, 0.1) is 11.7 Å². The van der Waals surface area contributed by atoms with Crippen molar-refractivity contribution >= 4 is 5.91 Å². The molecule has 0 aliphatic carbocycles. The summed E-state index contributed by atoms with van der Waals surface area (Å²) >= 11 is 0. The van der Waals surface area contributed by atoms with Gasteiger partial charge in [-0.3, -0.25) is 9.69 Å². The molecule has 114 valence electrons. The van der Waals surface area contributed by atoms with E-state index in [-0.39, 0.29) is 17.8 Å². The van der Waals surface area contributed by atoms with Gasteiger partial charge >= 0.3 is 0 Å². The summed E-state index contributed by atoms with van der Waals surface area (Å²) in [6, 6.07) is 6.81. The molecule has 4 rings (SSSR count). The molecule has 0 radical (unpaired) electrons. The van der Waals surface area contributed by atoms with Crippen LogP contribution in [0.2, 0.25) is 0 Å². The van der Waals surface area contributed by atoms with E-state index in [1.54, 1.807) is 0 Å². The number of aliphatic hydroxyl groups is 1. The van der Waals surface area contributed by atoms with Crippen LogP contribution in [-0.4, -0.2) is 53.1 Å². The Hall–Kier alpha value is -1.46. The van der Waals surface area contributed by atoms with Crippen molar-refractivity contribution in [2.24, 2.45) is 5.92 Å². The highest BCUT2D eigenvalue weighted by atomic mass is 19.1. The molecular formula is C16H21FN2O2. The molecule has 21 heavy (non-hydrogen) atoms. The summed E-state index contributed by atoms with van der Waals surface area (Å²) in [5, 5.41) is 9.09. The van der Waals surface area contributed by atoms with Gasteiger partial charge in [-0.1, -0.05) is 12.1 Å². The molecule has 5 heteroatoms. The summed E-state index contributed by atoms with van der Waals surface area (Å²) in [5.41, 5.74) is 1.10. The molecule has 0 saturated carbocycles. The van der Waals surface area contributed by atoms with Crippen molar-refractivity contribution < 1.29 is 14.3 Å². The number of nitrogens with zero attached hydrogens (tertiary/aromatic N) is 2. The van der Waals surface area contributed by atoms with Gasteiger partial charge in [0.05, 0.1) is 0 Å². The molecule has 0 unspecified atom stereocenters. The average Bonchev–Trinajstić information content (AvgIpc) is 2.79. The number of hydrogen-bond donors (Lipinski definition) is 1. The van der Waals surface area contributed by atoms with Crippen molar-refractivity contribution in [2.75, 3.05) is 26.2 Å². The number of piperidine rings is 1. The van der Waals surface area contributed by atoms with Gasteiger partial charge in [-0.15, -0.1) is 0 Å². The number of hydrogen-bond acceptors (Lipinski definition) is 3. The monoisotopic (exact) mass is 292 g/mol. The van der Waals surface area contributed by atoms with E-state index < -0.39 is 6.61 Å². The maximum Gasteiger partial charge on any atom is 0.248 e. The van der Waals surface area contributed by atoms with E-state index in [0.717, 1.165) is 44.6 Å². The van der Waals surface area contributed by atoms with Gasteiger partial charge in [0.1, 0.15) is 12.4 Å². The van der Waals surface area contributed by atoms with Gasteiger partial charge < -0.3 is 10.0 Å². The highest BCUT2D eigenvalue weighted by Gasteiger charge is 2.36. The summed E-state index contributed by atoms with van der Waals surface area (Å²) in [4.78, 5) is 16.0. The first-order valence-corrected chi connectivity index (χ1v) is 7.53. The zero-order valence-electron chi connectivity index (χ0n) is 12.0. The third kappa shape index (κ3) is 3.24. The molecule has 1 amide bonds. The SMILES string of the molecule is O=C(CO)N1C[C@@H]2CC[C@H]1CN(Cc1ccc(F)cc1)C2. The second-order valence-electron chi connectivity index (χ2n) is 6.12. The smallest absolute Gasteiger partial charge is 0.248 e. The molecule has 1 aromatic carbocycles. The number of amides is 1. The van der Waals surface area contributed by atoms with Crippen molar-refractivity contribution in [1.82, 2.24) is 9.80 Å². The number of halogens is 1. The van der Waals surface area contributed by atoms with Gasteiger partial charge in [-0.25, -0.2) is 4.39 Å². The third-order valence-corrected chi connectivity index (χ3v) is 4.56. The summed E-state index contributed by atoms with van der Waals surface area (Å²) in [6.45, 7) is 2.93. The molecule has 4 nitrogen and oxygen atoms in total. The Bertz CT molecular complexity index is 506. The lowest BCUT2D eigenvalue weighted by atomic mass is 9.95. The van der Waals surface area contributed by atoms with Crippen LogP contribution in [0.5, 0.6) is 0 Å². The molecule has 3 aliphatic rings. The van der Waals surface area contributed by atoms with Crippen LogP contribution in [0.15, 0.2) is 24.3 Å². The van der Waals surface area contributed by atoms with Gasteiger partial charge in [-0.05, 0) is 36.5 Å². The fourth-order valence-electron chi connectivity index (χ4n) is 3.55. The summed E-state index contributed by atoms with van der Waals surface area (Å²) in [5.74, 6) is 0.0995. The Kier molecular flexibility index (Phi) is 4.22. The van der Waals surface area contributed by atoms with E-state index in [9.17, 15) is 9.18 Å². The van der Waals surface area contributed by atoms with Crippen molar-refractivity contribution in [3.05, 3.63) is 35.6 Å². The lowest BCUT2D eigenvalue weighted by Gasteiger charge is -2.35. The van der Waals surface area contributed by atoms with Gasteiger partial charge in [0.2, 0.25) is 5.91 Å². The van der Waals surface area contributed by atoms with Gasteiger partial charge in [0, 0.05) is 32.2 Å². The molecule has 2 bridgehead atoms. The van der Waals surface area contributed by atoms with E-state index in [1.807, 2.05) is 17.0 Å². The fourth-order valence-corrected chi connectivity index (χ4v) is 3.55. The highest BCUT2D eigenvalue weighted by molar-refractivity contribution is 5.77. The molecule has 3 heterocycles. The van der Waals surface area contributed by atoms with E-state index in [2.05, 4.69) is 4.90 Å². The Morgan fingerprint density at radius 3 is 2.67 bits per heavy atom. The summed E-state index contributed by atoms with van der Waals surface area (Å²) in [6.07, 6.45) is 2.15. The molecular weight excluding hydrogens is 271 g/mol. The van der Waals surface area contributed by atoms with Crippen LogP contribution in [0.3, 0.4) is 0 Å². The number of benzene rings is 1. The Balaban J connectivity index is 1.69. The first-order valence-electron chi connectivity index (χ1n) is 7.53. The number of fused-ring (bicyclic) bond motifs is 4. The number of rotatable bonds is 3. The minimum Gasteiger partial charge on any atom is -0.387 e. The van der Waals surface area contributed by atoms with Crippen molar-refractivity contribution in [3.63, 3.8) is 0 Å². The predicted molar refractivity (Wildman–Crippen MR) is 77.0 cm³/mol. The van der Waals surface area contributed by atoms with Crippen LogP contribution < -0.4 is 0 Å². The molecule has 1 N–H and O–H groups in total. The van der Waals surface area contributed by atoms with E-state index >= 15 is 0 Å². The number of aliphatic hydroxyl groups excluding tert-OH is 1. The summed E-state index contributed by atoms with van der Waals surface area (Å²) < 4.78 is 13.0. The second-order valence-corrected chi connectivity index (χ2v) is 6.12. The first kappa shape index (κ1) is 14.5. The zero-order chi connectivity index (χ0) is 14.8. The molecule has 3 saturated heterocycles. The lowest BCUT2D eigenvalue weighted by Crippen LogP contribution is -2.48. The van der Waals surface area contributed by atoms with Crippen LogP contribution in [0.4, 0.5) is 4.39 Å². The quantitative estimate of drug-likeness (QED) is 0.911. The average molecular weight is 292 g/mol. The fraction of sp³-hybridized carbons (Fsp3) is 0.562. The molecule has 3 aliphatic heterocycles. The number of carbonyl (C=O) groups excluding carboxylic acids is 1. The van der Waals surface area contributed by atoms with Gasteiger partial charge in [0.15, 0.2) is 0 Å². The molecule has 3 fully saturated rings. The van der Waals surface area contributed by atoms with Crippen LogP contribution in [-0.2, 0) is 11.3 Å². The maximum absolute atomic E-state index is 13.0. The topological polar surface area (TPSA) is 43.8 Å². The molecule has 1 aromatic rings. The molecule has 0 aromatic heterocycles. The first-order chi connectivity index (χ1) is 10.2. The summed E-state index contributed by atoms with van der Waals surface area (Å²) in [7, 11) is 0. The van der Waals surface area contributed by atoms with Gasteiger partial charge in [0.25, 0.3) is 0 Å². The van der Waals surface area contributed by atoms with E-state index in [0.29, 0.717) is 5.92 Å². The number of carbonyl (C=O) groups is 1. The highest BCUT2D eigenvalue weighted by Crippen LogP contribution is 2.28. The second kappa shape index (κ2) is 6.12. The zero-order valence-corrected chi connectivity index (χ0v) is 12.0. The largest absolute Gasteiger partial charge is 0.387 e. The minimum absolute atomic E-state index is 0.159. The third-order valence-electron chi connectivity index (χ3n) is 4.56. The van der Waals surface area contributed by atoms with Crippen LogP contribution in [0.1, 0.15) is 18.4 Å². The van der Waals surface area contributed by atoms with Crippen molar-refractivity contribution in [2.45, 2.75) is 25.4 Å². The van der Waals surface area contributed by atoms with Crippen molar-refractivity contribution in [1.29, 1.82) is 0 Å². The minimum atomic E-state index is -0.402. The molecule has 2 atom stereocenters. The van der Waals surface area contributed by atoms with Crippen LogP contribution in [0.25, 0.3) is 0 Å². The lowest BCUT2D eigenvalue weighted by molar-refractivity contribution is -0.138. The normalized spacial score (nSPS) is 25.9. The molecule has 0 spiro atoms. The Labute approximate surface area is 124 Å². The standard InChI is InChI=1S/C16H21FN2O2/c17-14-4-1-12(2-5-14)7-18-8-13-3-6-15(10-18)19(9-13)16(21)11-20/h1-2,4-5,13,15,20H,3,6-11H2/t13-,15+/m1/s1. The Morgan fingerprint density at radius 2 is 1.95 bits per heavy atom. The maximum atomic E-state index is 13.0. The van der Waals surface area contributed by atoms with E-state index in [4.69, 9.17) is 5.11 Å². The Morgan fingerprint density at radius 1 is 1.19 bits per heavy atom. The van der Waals surface area contributed by atoms with Crippen molar-refractivity contribution in [3.8, 4) is 0 Å².